The number of carbonyl (C=O) groups is 1. The molecule has 0 unspecified atom stereocenters. The number of aromatic nitrogens is 3. The van der Waals surface area contributed by atoms with Crippen molar-refractivity contribution in [3.05, 3.63) is 106 Å². The zero-order valence-electron chi connectivity index (χ0n) is 18.7. The first-order valence-corrected chi connectivity index (χ1v) is 10.9. The number of amides is 1. The van der Waals surface area contributed by atoms with E-state index < -0.39 is 0 Å². The molecule has 0 bridgehead atoms. The second kappa shape index (κ2) is 10.1. The molecule has 0 saturated heterocycles. The molecule has 0 spiro atoms. The highest BCUT2D eigenvalue weighted by Crippen LogP contribution is 2.17. The molecule has 0 atom stereocenters. The van der Waals surface area contributed by atoms with Crippen LogP contribution in [0.15, 0.2) is 84.2 Å². The molecule has 1 amide bonds. The summed E-state index contributed by atoms with van der Waals surface area (Å²) in [4.78, 5) is 36.5. The molecule has 33 heavy (non-hydrogen) atoms. The van der Waals surface area contributed by atoms with E-state index in [9.17, 15) is 9.59 Å². The first-order valence-electron chi connectivity index (χ1n) is 10.9. The molecule has 3 aromatic heterocycles. The Bertz CT molecular complexity index is 1280. The lowest BCUT2D eigenvalue weighted by Gasteiger charge is -2.23. The first-order chi connectivity index (χ1) is 16.0. The molecule has 4 aromatic rings. The first kappa shape index (κ1) is 22.2. The van der Waals surface area contributed by atoms with Gasteiger partial charge >= 0.3 is 0 Å². The summed E-state index contributed by atoms with van der Waals surface area (Å²) in [5.41, 5.74) is 2.00. The molecule has 0 saturated carbocycles. The minimum atomic E-state index is -0.386. The van der Waals surface area contributed by atoms with Crippen molar-refractivity contribution >= 4 is 11.6 Å². The molecule has 0 N–H and O–H groups in total. The van der Waals surface area contributed by atoms with E-state index in [2.05, 4.69) is 23.8 Å². The molecule has 0 aliphatic rings. The van der Waals surface area contributed by atoms with Crippen LogP contribution in [0.4, 0.5) is 0 Å². The maximum atomic E-state index is 13.5. The third kappa shape index (κ3) is 5.44. The molecule has 7 heteroatoms. The molecule has 3 heterocycles. The van der Waals surface area contributed by atoms with Crippen LogP contribution >= 0.6 is 0 Å². The minimum Gasteiger partial charge on any atom is -0.493 e. The fraction of sp³-hybridized carbons (Fsp3) is 0.231. The Kier molecular flexibility index (Phi) is 6.78. The third-order valence-electron chi connectivity index (χ3n) is 5.13. The summed E-state index contributed by atoms with van der Waals surface area (Å²) in [5.74, 6) is 0.854. The van der Waals surface area contributed by atoms with Gasteiger partial charge in [0.2, 0.25) is 0 Å². The fourth-order valence-corrected chi connectivity index (χ4v) is 3.43. The summed E-state index contributed by atoms with van der Waals surface area (Å²) in [5, 5.41) is 0. The van der Waals surface area contributed by atoms with Crippen LogP contribution in [0.25, 0.3) is 5.65 Å². The highest BCUT2D eigenvalue weighted by molar-refractivity contribution is 5.93. The summed E-state index contributed by atoms with van der Waals surface area (Å²) in [6, 6.07) is 16.7. The number of benzene rings is 1. The van der Waals surface area contributed by atoms with Gasteiger partial charge in [-0.1, -0.05) is 32.0 Å². The normalized spacial score (nSPS) is 11.0. The van der Waals surface area contributed by atoms with Crippen LogP contribution in [0.5, 0.6) is 5.75 Å². The van der Waals surface area contributed by atoms with Crippen LogP contribution in [0, 0.1) is 5.92 Å². The summed E-state index contributed by atoms with van der Waals surface area (Å²) < 4.78 is 7.14. The average molecular weight is 443 g/mol. The summed E-state index contributed by atoms with van der Waals surface area (Å²) in [6.45, 7) is 5.51. The largest absolute Gasteiger partial charge is 0.493 e. The molecular weight excluding hydrogens is 416 g/mol. The zero-order chi connectivity index (χ0) is 23.2. The Morgan fingerprint density at radius 2 is 1.70 bits per heavy atom. The van der Waals surface area contributed by atoms with Crippen LogP contribution in [0.2, 0.25) is 0 Å². The van der Waals surface area contributed by atoms with Gasteiger partial charge in [0, 0.05) is 37.9 Å². The van der Waals surface area contributed by atoms with Gasteiger partial charge in [0.1, 0.15) is 17.0 Å². The number of nitrogens with zero attached hydrogens (tertiary/aromatic N) is 4. The molecule has 168 valence electrons. The molecule has 7 nitrogen and oxygen atoms in total. The number of ether oxygens (including phenoxy) is 1. The van der Waals surface area contributed by atoms with Crippen molar-refractivity contribution in [2.75, 3.05) is 6.61 Å². The predicted octanol–water partition coefficient (Wildman–Crippen LogP) is 3.97. The van der Waals surface area contributed by atoms with Crippen molar-refractivity contribution in [1.29, 1.82) is 0 Å². The molecule has 1 aromatic carbocycles. The van der Waals surface area contributed by atoms with E-state index in [1.807, 2.05) is 36.4 Å². The third-order valence-corrected chi connectivity index (χ3v) is 5.13. The van der Waals surface area contributed by atoms with Crippen LogP contribution in [-0.2, 0) is 13.1 Å². The minimum absolute atomic E-state index is 0.0321. The molecule has 0 aliphatic carbocycles. The highest BCUT2D eigenvalue weighted by atomic mass is 16.5. The van der Waals surface area contributed by atoms with Gasteiger partial charge in [-0.05, 0) is 53.4 Å². The van der Waals surface area contributed by atoms with Gasteiger partial charge in [0.25, 0.3) is 11.5 Å². The van der Waals surface area contributed by atoms with Gasteiger partial charge in [-0.25, -0.2) is 4.98 Å². The second-order valence-corrected chi connectivity index (χ2v) is 8.27. The molecule has 4 rings (SSSR count). The van der Waals surface area contributed by atoms with Gasteiger partial charge in [0.15, 0.2) is 0 Å². The van der Waals surface area contributed by atoms with Gasteiger partial charge in [-0.15, -0.1) is 0 Å². The van der Waals surface area contributed by atoms with Crippen molar-refractivity contribution in [2.45, 2.75) is 26.9 Å². The van der Waals surface area contributed by atoms with Crippen molar-refractivity contribution in [2.24, 2.45) is 5.92 Å². The molecular formula is C26H26N4O3. The number of pyridine rings is 2. The number of fused-ring (bicyclic) bond motifs is 1. The smallest absolute Gasteiger partial charge is 0.270 e. The summed E-state index contributed by atoms with van der Waals surface area (Å²) in [7, 11) is 0. The summed E-state index contributed by atoms with van der Waals surface area (Å²) >= 11 is 0. The maximum Gasteiger partial charge on any atom is 0.270 e. The fourth-order valence-electron chi connectivity index (χ4n) is 3.43. The number of rotatable bonds is 8. The summed E-state index contributed by atoms with van der Waals surface area (Å²) in [6.07, 6.45) is 6.35. The monoisotopic (exact) mass is 442 g/mol. The highest BCUT2D eigenvalue weighted by Gasteiger charge is 2.21. The van der Waals surface area contributed by atoms with Gasteiger partial charge in [-0.3, -0.25) is 19.0 Å². The SMILES string of the molecule is CC(C)COc1ccc(CN(Cc2ccncc2)C(=O)c2cnc3ccccn3c2=O)cc1. The molecule has 0 aliphatic heterocycles. The van der Waals surface area contributed by atoms with Gasteiger partial charge < -0.3 is 9.64 Å². The lowest BCUT2D eigenvalue weighted by atomic mass is 10.1. The number of hydrogen-bond acceptors (Lipinski definition) is 5. The lowest BCUT2D eigenvalue weighted by molar-refractivity contribution is 0.0727. The zero-order valence-corrected chi connectivity index (χ0v) is 18.7. The van der Waals surface area contributed by atoms with E-state index in [0.29, 0.717) is 31.3 Å². The standard InChI is InChI=1S/C26H26N4O3/c1-19(2)18-33-22-8-6-20(7-9-22)16-29(17-21-10-12-27-13-11-21)25(31)23-15-28-24-5-3-4-14-30(24)26(23)32/h3-15,19H,16-18H2,1-2H3. The average Bonchev–Trinajstić information content (AvgIpc) is 2.84. The Hall–Kier alpha value is -4.00. The topological polar surface area (TPSA) is 76.8 Å². The van der Waals surface area contributed by atoms with Gasteiger partial charge in [-0.2, -0.15) is 0 Å². The van der Waals surface area contributed by atoms with Crippen LogP contribution in [-0.4, -0.2) is 31.8 Å². The van der Waals surface area contributed by atoms with Crippen molar-refractivity contribution < 1.29 is 9.53 Å². The number of hydrogen-bond donors (Lipinski definition) is 0. The quantitative estimate of drug-likeness (QED) is 0.413. The van der Waals surface area contributed by atoms with E-state index in [1.54, 1.807) is 41.7 Å². The van der Waals surface area contributed by atoms with E-state index in [0.717, 1.165) is 16.9 Å². The van der Waals surface area contributed by atoms with Crippen LogP contribution < -0.4 is 10.3 Å². The lowest BCUT2D eigenvalue weighted by Crippen LogP contribution is -2.35. The van der Waals surface area contributed by atoms with E-state index in [1.165, 1.54) is 10.6 Å². The van der Waals surface area contributed by atoms with Crippen molar-refractivity contribution in [3.63, 3.8) is 0 Å². The Balaban J connectivity index is 1.62. The van der Waals surface area contributed by atoms with Crippen LogP contribution in [0.1, 0.15) is 35.3 Å². The van der Waals surface area contributed by atoms with Crippen molar-refractivity contribution in [3.8, 4) is 5.75 Å². The Morgan fingerprint density at radius 1 is 1.00 bits per heavy atom. The van der Waals surface area contributed by atoms with Crippen LogP contribution in [0.3, 0.4) is 0 Å². The Morgan fingerprint density at radius 3 is 2.39 bits per heavy atom. The molecule has 0 radical (unpaired) electrons. The van der Waals surface area contributed by atoms with Gasteiger partial charge in [0.05, 0.1) is 6.61 Å². The second-order valence-electron chi connectivity index (χ2n) is 8.27. The number of carbonyl (C=O) groups excluding carboxylic acids is 1. The molecule has 0 fully saturated rings. The Labute approximate surface area is 192 Å². The van der Waals surface area contributed by atoms with E-state index in [4.69, 9.17) is 4.74 Å². The van der Waals surface area contributed by atoms with Crippen molar-refractivity contribution in [1.82, 2.24) is 19.3 Å². The maximum absolute atomic E-state index is 13.5. The van der Waals surface area contributed by atoms with E-state index >= 15 is 0 Å². The predicted molar refractivity (Wildman–Crippen MR) is 126 cm³/mol. The van der Waals surface area contributed by atoms with E-state index in [-0.39, 0.29) is 17.0 Å².